The quantitative estimate of drug-likeness (QED) is 0.622. The highest BCUT2D eigenvalue weighted by Gasteiger charge is 2.23. The van der Waals surface area contributed by atoms with Gasteiger partial charge in [0.05, 0.1) is 12.2 Å². The van der Waals surface area contributed by atoms with Gasteiger partial charge in [-0.25, -0.2) is 0 Å². The minimum atomic E-state index is -0.278. The van der Waals surface area contributed by atoms with Crippen molar-refractivity contribution in [3.05, 3.63) is 0 Å². The Kier molecular flexibility index (Phi) is 3.82. The van der Waals surface area contributed by atoms with Crippen LogP contribution in [0.2, 0.25) is 0 Å². The molecule has 0 heterocycles. The number of methoxy groups -OCH3 is 1. The van der Waals surface area contributed by atoms with Crippen molar-refractivity contribution in [2.75, 3.05) is 13.7 Å². The van der Waals surface area contributed by atoms with E-state index in [0.29, 0.717) is 0 Å². The van der Waals surface area contributed by atoms with E-state index in [1.165, 1.54) is 0 Å². The number of aliphatic hydroxyl groups is 1. The molecule has 0 saturated heterocycles. The minimum Gasteiger partial charge on any atom is -0.393 e. The normalized spacial score (nSPS) is 12.0. The van der Waals surface area contributed by atoms with Crippen molar-refractivity contribution in [2.24, 2.45) is 0 Å². The number of hydrogen-bond acceptors (Lipinski definition) is 2. The molecular weight excluding hydrogens is 116 g/mol. The van der Waals surface area contributed by atoms with Gasteiger partial charge >= 0.3 is 0 Å². The molecule has 0 fully saturated rings. The van der Waals surface area contributed by atoms with E-state index in [1.807, 2.05) is 13.8 Å². The van der Waals surface area contributed by atoms with E-state index in [2.05, 4.69) is 0 Å². The Morgan fingerprint density at radius 1 is 1.33 bits per heavy atom. The Morgan fingerprint density at radius 3 is 1.78 bits per heavy atom. The summed E-state index contributed by atoms with van der Waals surface area (Å²) in [6.45, 7) is 4.16. The molecule has 0 bridgehead atoms. The predicted molar refractivity (Wildman–Crippen MR) is 37.4 cm³/mol. The standard InChI is InChI=1S/C7H16O2/c1-4-7(5-2,6-8)9-3/h8H,4-6H2,1-3H3. The van der Waals surface area contributed by atoms with Crippen molar-refractivity contribution in [3.8, 4) is 0 Å². The lowest BCUT2D eigenvalue weighted by atomic mass is 9.99. The molecule has 0 aliphatic rings. The maximum absolute atomic E-state index is 8.85. The van der Waals surface area contributed by atoms with E-state index < -0.39 is 0 Å². The lowest BCUT2D eigenvalue weighted by molar-refractivity contribution is -0.0568. The van der Waals surface area contributed by atoms with Gasteiger partial charge in [-0.3, -0.25) is 0 Å². The fourth-order valence-corrected chi connectivity index (χ4v) is 0.827. The van der Waals surface area contributed by atoms with E-state index in [4.69, 9.17) is 9.84 Å². The molecule has 0 atom stereocenters. The van der Waals surface area contributed by atoms with Crippen LogP contribution in [0.15, 0.2) is 0 Å². The van der Waals surface area contributed by atoms with Gasteiger partial charge in [-0.2, -0.15) is 0 Å². The van der Waals surface area contributed by atoms with Crippen LogP contribution in [-0.2, 0) is 4.74 Å². The summed E-state index contributed by atoms with van der Waals surface area (Å²) in [5.74, 6) is 0. The molecule has 1 N–H and O–H groups in total. The van der Waals surface area contributed by atoms with Crippen molar-refractivity contribution >= 4 is 0 Å². The van der Waals surface area contributed by atoms with Crippen molar-refractivity contribution in [1.82, 2.24) is 0 Å². The first-order chi connectivity index (χ1) is 4.24. The number of ether oxygens (including phenoxy) is 1. The highest BCUT2D eigenvalue weighted by Crippen LogP contribution is 2.17. The van der Waals surface area contributed by atoms with Crippen molar-refractivity contribution in [1.29, 1.82) is 0 Å². The monoisotopic (exact) mass is 132 g/mol. The molecule has 0 aromatic rings. The number of hydrogen-bond donors (Lipinski definition) is 1. The van der Waals surface area contributed by atoms with Crippen molar-refractivity contribution < 1.29 is 9.84 Å². The molecule has 9 heavy (non-hydrogen) atoms. The second-order valence-corrected chi connectivity index (χ2v) is 2.25. The van der Waals surface area contributed by atoms with Gasteiger partial charge in [0.2, 0.25) is 0 Å². The van der Waals surface area contributed by atoms with Gasteiger partial charge in [0.15, 0.2) is 0 Å². The topological polar surface area (TPSA) is 29.5 Å². The molecule has 0 rings (SSSR count). The molecule has 0 aromatic heterocycles. The average molecular weight is 132 g/mol. The highest BCUT2D eigenvalue weighted by atomic mass is 16.5. The van der Waals surface area contributed by atoms with Crippen LogP contribution in [0.4, 0.5) is 0 Å². The van der Waals surface area contributed by atoms with E-state index in [-0.39, 0.29) is 12.2 Å². The maximum Gasteiger partial charge on any atom is 0.0903 e. The summed E-state index contributed by atoms with van der Waals surface area (Å²) in [6.07, 6.45) is 1.74. The summed E-state index contributed by atoms with van der Waals surface area (Å²) in [5.41, 5.74) is -0.278. The first-order valence-electron chi connectivity index (χ1n) is 3.40. The summed E-state index contributed by atoms with van der Waals surface area (Å²) in [4.78, 5) is 0. The molecule has 56 valence electrons. The van der Waals surface area contributed by atoms with Gasteiger partial charge in [0, 0.05) is 7.11 Å². The molecular formula is C7H16O2. The fraction of sp³-hybridized carbons (Fsp3) is 1.00. The van der Waals surface area contributed by atoms with Crippen molar-refractivity contribution in [2.45, 2.75) is 32.3 Å². The largest absolute Gasteiger partial charge is 0.393 e. The highest BCUT2D eigenvalue weighted by molar-refractivity contribution is 4.74. The van der Waals surface area contributed by atoms with Gasteiger partial charge in [0.25, 0.3) is 0 Å². The van der Waals surface area contributed by atoms with Crippen LogP contribution in [0.5, 0.6) is 0 Å². The Labute approximate surface area is 56.8 Å². The summed E-state index contributed by atoms with van der Waals surface area (Å²) in [7, 11) is 1.64. The lowest BCUT2D eigenvalue weighted by Crippen LogP contribution is -2.33. The minimum absolute atomic E-state index is 0.122. The van der Waals surface area contributed by atoms with Crippen molar-refractivity contribution in [3.63, 3.8) is 0 Å². The fourth-order valence-electron chi connectivity index (χ4n) is 0.827. The van der Waals surface area contributed by atoms with Gasteiger partial charge in [-0.1, -0.05) is 13.8 Å². The van der Waals surface area contributed by atoms with Crippen LogP contribution in [0.3, 0.4) is 0 Å². The van der Waals surface area contributed by atoms with Gasteiger partial charge < -0.3 is 9.84 Å². The second kappa shape index (κ2) is 3.85. The van der Waals surface area contributed by atoms with Gasteiger partial charge in [-0.05, 0) is 12.8 Å². The molecule has 0 amide bonds. The zero-order chi connectivity index (χ0) is 7.33. The third-order valence-corrected chi connectivity index (χ3v) is 2.01. The lowest BCUT2D eigenvalue weighted by Gasteiger charge is -2.27. The zero-order valence-electron chi connectivity index (χ0n) is 6.48. The molecule has 0 aliphatic heterocycles. The predicted octanol–water partition coefficient (Wildman–Crippen LogP) is 1.18. The van der Waals surface area contributed by atoms with Crippen LogP contribution in [0, 0.1) is 0 Å². The molecule has 0 unspecified atom stereocenters. The first-order valence-corrected chi connectivity index (χ1v) is 3.40. The van der Waals surface area contributed by atoms with Gasteiger partial charge in [-0.15, -0.1) is 0 Å². The SMILES string of the molecule is CCC(CC)(CO)OC. The Hall–Kier alpha value is -0.0800. The second-order valence-electron chi connectivity index (χ2n) is 2.25. The molecule has 0 aliphatic carbocycles. The van der Waals surface area contributed by atoms with Crippen LogP contribution in [-0.4, -0.2) is 24.4 Å². The third kappa shape index (κ3) is 1.95. The smallest absolute Gasteiger partial charge is 0.0903 e. The van der Waals surface area contributed by atoms with Crippen LogP contribution < -0.4 is 0 Å². The molecule has 0 saturated carbocycles. The van der Waals surface area contributed by atoms with E-state index >= 15 is 0 Å². The first kappa shape index (κ1) is 8.92. The maximum atomic E-state index is 8.85. The molecule has 0 radical (unpaired) electrons. The summed E-state index contributed by atoms with van der Waals surface area (Å²) < 4.78 is 5.14. The van der Waals surface area contributed by atoms with E-state index in [9.17, 15) is 0 Å². The molecule has 2 heteroatoms. The number of rotatable bonds is 4. The Balaban J connectivity index is 3.82. The van der Waals surface area contributed by atoms with Gasteiger partial charge in [0.1, 0.15) is 0 Å². The average Bonchev–Trinajstić information content (AvgIpc) is 1.95. The molecule has 0 aromatic carbocycles. The summed E-state index contributed by atoms with van der Waals surface area (Å²) >= 11 is 0. The van der Waals surface area contributed by atoms with E-state index in [0.717, 1.165) is 12.8 Å². The van der Waals surface area contributed by atoms with Crippen LogP contribution in [0.1, 0.15) is 26.7 Å². The number of aliphatic hydroxyl groups excluding tert-OH is 1. The summed E-state index contributed by atoms with van der Waals surface area (Å²) in [5, 5.41) is 8.85. The Bertz CT molecular complexity index is 49.8. The molecule has 2 nitrogen and oxygen atoms in total. The molecule has 0 spiro atoms. The van der Waals surface area contributed by atoms with Crippen LogP contribution >= 0.6 is 0 Å². The third-order valence-electron chi connectivity index (χ3n) is 2.01. The zero-order valence-corrected chi connectivity index (χ0v) is 6.48. The Morgan fingerprint density at radius 2 is 1.78 bits per heavy atom. The van der Waals surface area contributed by atoms with Crippen LogP contribution in [0.25, 0.3) is 0 Å². The summed E-state index contributed by atoms with van der Waals surface area (Å²) in [6, 6.07) is 0. The van der Waals surface area contributed by atoms with E-state index in [1.54, 1.807) is 7.11 Å².